The molecule has 1 rings (SSSR count). The van der Waals surface area contributed by atoms with Crippen LogP contribution in [0.3, 0.4) is 0 Å². The maximum Gasteiger partial charge on any atom is 0.260 e. The summed E-state index contributed by atoms with van der Waals surface area (Å²) in [4.78, 5) is 22.3. The zero-order valence-corrected chi connectivity index (χ0v) is 10.4. The van der Waals surface area contributed by atoms with E-state index in [0.717, 1.165) is 12.5 Å². The van der Waals surface area contributed by atoms with Gasteiger partial charge in [0.25, 0.3) is 5.91 Å². The van der Waals surface area contributed by atoms with Crippen molar-refractivity contribution in [1.29, 1.82) is 0 Å². The van der Waals surface area contributed by atoms with E-state index in [9.17, 15) is 14.0 Å². The SMILES string of the molecule is CCCNC(=O)C(C)Oc1ccc(F)cc1C=O. The molecule has 1 atom stereocenters. The highest BCUT2D eigenvalue weighted by atomic mass is 19.1. The summed E-state index contributed by atoms with van der Waals surface area (Å²) in [5.41, 5.74) is 0.0881. The van der Waals surface area contributed by atoms with Gasteiger partial charge < -0.3 is 10.1 Å². The number of aldehydes is 1. The zero-order chi connectivity index (χ0) is 13.5. The molecule has 5 heteroatoms. The van der Waals surface area contributed by atoms with Gasteiger partial charge >= 0.3 is 0 Å². The number of hydrogen-bond donors (Lipinski definition) is 1. The molecule has 0 radical (unpaired) electrons. The van der Waals surface area contributed by atoms with E-state index in [0.29, 0.717) is 12.8 Å². The largest absolute Gasteiger partial charge is 0.480 e. The molecular weight excluding hydrogens is 237 g/mol. The average Bonchev–Trinajstić information content (AvgIpc) is 2.37. The molecule has 0 fully saturated rings. The third-order valence-corrected chi connectivity index (χ3v) is 2.32. The third kappa shape index (κ3) is 3.84. The van der Waals surface area contributed by atoms with Crippen LogP contribution in [0.2, 0.25) is 0 Å². The van der Waals surface area contributed by atoms with Gasteiger partial charge in [-0.1, -0.05) is 6.92 Å². The minimum Gasteiger partial charge on any atom is -0.480 e. The Kier molecular flexibility index (Phi) is 5.30. The molecule has 0 saturated carbocycles. The van der Waals surface area contributed by atoms with Crippen molar-refractivity contribution in [3.05, 3.63) is 29.6 Å². The minimum absolute atomic E-state index is 0.0881. The number of rotatable bonds is 6. The molecular formula is C13H16FNO3. The van der Waals surface area contributed by atoms with E-state index in [1.165, 1.54) is 12.1 Å². The number of amides is 1. The molecule has 98 valence electrons. The number of ether oxygens (including phenoxy) is 1. The van der Waals surface area contributed by atoms with Gasteiger partial charge in [-0.05, 0) is 31.5 Å². The first-order valence-electron chi connectivity index (χ1n) is 5.77. The maximum atomic E-state index is 12.9. The van der Waals surface area contributed by atoms with E-state index in [4.69, 9.17) is 4.74 Å². The molecule has 0 saturated heterocycles. The highest BCUT2D eigenvalue weighted by molar-refractivity contribution is 5.82. The Morgan fingerprint density at radius 2 is 2.28 bits per heavy atom. The van der Waals surface area contributed by atoms with E-state index < -0.39 is 11.9 Å². The van der Waals surface area contributed by atoms with E-state index in [2.05, 4.69) is 5.32 Å². The minimum atomic E-state index is -0.735. The van der Waals surface area contributed by atoms with Crippen LogP contribution in [0.1, 0.15) is 30.6 Å². The van der Waals surface area contributed by atoms with Crippen molar-refractivity contribution >= 4 is 12.2 Å². The van der Waals surface area contributed by atoms with Crippen LogP contribution in [0.5, 0.6) is 5.75 Å². The summed E-state index contributed by atoms with van der Waals surface area (Å²) >= 11 is 0. The molecule has 0 heterocycles. The summed E-state index contributed by atoms with van der Waals surface area (Å²) in [5, 5.41) is 2.67. The van der Waals surface area contributed by atoms with Gasteiger partial charge in [0, 0.05) is 6.54 Å². The van der Waals surface area contributed by atoms with Crippen LogP contribution >= 0.6 is 0 Å². The molecule has 1 N–H and O–H groups in total. The van der Waals surface area contributed by atoms with Gasteiger partial charge in [-0.25, -0.2) is 4.39 Å². The Labute approximate surface area is 105 Å². The quantitative estimate of drug-likeness (QED) is 0.788. The monoisotopic (exact) mass is 253 g/mol. The molecule has 0 aromatic heterocycles. The Morgan fingerprint density at radius 3 is 2.89 bits per heavy atom. The first-order chi connectivity index (χ1) is 8.58. The van der Waals surface area contributed by atoms with Crippen LogP contribution in [0, 0.1) is 5.82 Å². The topological polar surface area (TPSA) is 55.4 Å². The van der Waals surface area contributed by atoms with E-state index in [1.807, 2.05) is 6.92 Å². The second-order valence-corrected chi connectivity index (χ2v) is 3.85. The Bertz CT molecular complexity index is 434. The molecule has 1 aromatic rings. The van der Waals surface area contributed by atoms with Crippen molar-refractivity contribution in [2.45, 2.75) is 26.4 Å². The first-order valence-corrected chi connectivity index (χ1v) is 5.77. The van der Waals surface area contributed by atoms with Gasteiger partial charge in [0.15, 0.2) is 12.4 Å². The van der Waals surface area contributed by atoms with Crippen molar-refractivity contribution in [2.75, 3.05) is 6.54 Å². The summed E-state index contributed by atoms with van der Waals surface area (Å²) in [6.45, 7) is 4.08. The first kappa shape index (κ1) is 14.2. The van der Waals surface area contributed by atoms with Crippen LogP contribution in [-0.2, 0) is 4.79 Å². The number of benzene rings is 1. The molecule has 1 aromatic carbocycles. The van der Waals surface area contributed by atoms with Crippen molar-refractivity contribution in [3.8, 4) is 5.75 Å². The summed E-state index contributed by atoms with van der Waals surface area (Å²) in [7, 11) is 0. The molecule has 4 nitrogen and oxygen atoms in total. The molecule has 0 aliphatic carbocycles. The fourth-order valence-corrected chi connectivity index (χ4v) is 1.35. The van der Waals surface area contributed by atoms with E-state index in [-0.39, 0.29) is 17.2 Å². The summed E-state index contributed by atoms with van der Waals surface area (Å²) in [6.07, 6.45) is 0.588. The predicted octanol–water partition coefficient (Wildman–Crippen LogP) is 1.93. The van der Waals surface area contributed by atoms with Gasteiger partial charge in [0.1, 0.15) is 11.6 Å². The molecule has 0 bridgehead atoms. The number of halogens is 1. The Balaban J connectivity index is 2.72. The third-order valence-electron chi connectivity index (χ3n) is 2.32. The van der Waals surface area contributed by atoms with Gasteiger partial charge in [-0.3, -0.25) is 9.59 Å². The van der Waals surface area contributed by atoms with Crippen molar-refractivity contribution in [2.24, 2.45) is 0 Å². The zero-order valence-electron chi connectivity index (χ0n) is 10.4. The molecule has 1 unspecified atom stereocenters. The summed E-state index contributed by atoms with van der Waals surface area (Å²) < 4.78 is 18.2. The Hall–Kier alpha value is -1.91. The Morgan fingerprint density at radius 1 is 1.56 bits per heavy atom. The highest BCUT2D eigenvalue weighted by Crippen LogP contribution is 2.19. The van der Waals surface area contributed by atoms with Crippen LogP contribution in [-0.4, -0.2) is 24.8 Å². The van der Waals surface area contributed by atoms with Crippen LogP contribution in [0.4, 0.5) is 4.39 Å². The van der Waals surface area contributed by atoms with Gasteiger partial charge in [-0.2, -0.15) is 0 Å². The standard InChI is InChI=1S/C13H16FNO3/c1-3-6-15-13(17)9(2)18-12-5-4-11(14)7-10(12)8-16/h4-5,7-9H,3,6H2,1-2H3,(H,15,17). The highest BCUT2D eigenvalue weighted by Gasteiger charge is 2.15. The van der Waals surface area contributed by atoms with Crippen molar-refractivity contribution in [3.63, 3.8) is 0 Å². The number of nitrogens with one attached hydrogen (secondary N) is 1. The van der Waals surface area contributed by atoms with Gasteiger partial charge in [0.05, 0.1) is 5.56 Å². The van der Waals surface area contributed by atoms with Crippen LogP contribution in [0.15, 0.2) is 18.2 Å². The van der Waals surface area contributed by atoms with Crippen LogP contribution in [0.25, 0.3) is 0 Å². The lowest BCUT2D eigenvalue weighted by Gasteiger charge is -2.15. The molecule has 1 amide bonds. The normalized spacial score (nSPS) is 11.7. The van der Waals surface area contributed by atoms with Gasteiger partial charge in [-0.15, -0.1) is 0 Å². The van der Waals surface area contributed by atoms with E-state index in [1.54, 1.807) is 6.92 Å². The van der Waals surface area contributed by atoms with Gasteiger partial charge in [0.2, 0.25) is 0 Å². The lowest BCUT2D eigenvalue weighted by Crippen LogP contribution is -2.36. The molecule has 0 aliphatic heterocycles. The van der Waals surface area contributed by atoms with Crippen LogP contribution < -0.4 is 10.1 Å². The summed E-state index contributed by atoms with van der Waals surface area (Å²) in [5.74, 6) is -0.587. The second-order valence-electron chi connectivity index (χ2n) is 3.85. The lowest BCUT2D eigenvalue weighted by atomic mass is 10.2. The number of carbonyl (C=O) groups excluding carboxylic acids is 2. The lowest BCUT2D eigenvalue weighted by molar-refractivity contribution is -0.127. The fourth-order valence-electron chi connectivity index (χ4n) is 1.35. The predicted molar refractivity (Wildman–Crippen MR) is 65.2 cm³/mol. The molecule has 0 spiro atoms. The summed E-state index contributed by atoms with van der Waals surface area (Å²) in [6, 6.07) is 3.58. The molecule has 18 heavy (non-hydrogen) atoms. The maximum absolute atomic E-state index is 12.9. The fraction of sp³-hybridized carbons (Fsp3) is 0.385. The number of hydrogen-bond acceptors (Lipinski definition) is 3. The second kappa shape index (κ2) is 6.74. The molecule has 0 aliphatic rings. The number of carbonyl (C=O) groups is 2. The van der Waals surface area contributed by atoms with Crippen molar-refractivity contribution < 1.29 is 18.7 Å². The average molecular weight is 253 g/mol. The van der Waals surface area contributed by atoms with E-state index >= 15 is 0 Å². The van der Waals surface area contributed by atoms with Crippen molar-refractivity contribution in [1.82, 2.24) is 5.32 Å². The smallest absolute Gasteiger partial charge is 0.260 e.